The Balaban J connectivity index is 2.51. The van der Waals surface area contributed by atoms with Crippen LogP contribution in [0.5, 0.6) is 5.75 Å². The molecule has 0 saturated heterocycles. The molecule has 14 heavy (non-hydrogen) atoms. The maximum Gasteiger partial charge on any atom is 0.120 e. The normalized spacial score (nSPS) is 27.4. The summed E-state index contributed by atoms with van der Waals surface area (Å²) in [4.78, 5) is 2.31. The van der Waals surface area contributed by atoms with E-state index in [1.807, 2.05) is 6.07 Å². The Labute approximate surface area is 85.2 Å². The van der Waals surface area contributed by atoms with Crippen LogP contribution in [0.25, 0.3) is 0 Å². The van der Waals surface area contributed by atoms with E-state index < -0.39 is 0 Å². The van der Waals surface area contributed by atoms with Gasteiger partial charge in [0.15, 0.2) is 0 Å². The zero-order chi connectivity index (χ0) is 10.3. The summed E-state index contributed by atoms with van der Waals surface area (Å²) in [5.74, 6) is 0.439. The average Bonchev–Trinajstić information content (AvgIpc) is 2.14. The number of benzene rings is 1. The molecule has 0 radical (unpaired) electrons. The summed E-state index contributed by atoms with van der Waals surface area (Å²) in [6, 6.07) is 6.70. The molecule has 1 aliphatic rings. The number of phenolic OH excluding ortho intramolecular Hbond substituents is 1. The highest BCUT2D eigenvalue weighted by Crippen LogP contribution is 2.36. The van der Waals surface area contributed by atoms with Gasteiger partial charge in [0.1, 0.15) is 5.75 Å². The molecule has 1 aromatic rings. The molecule has 0 amide bonds. The van der Waals surface area contributed by atoms with E-state index in [4.69, 9.17) is 0 Å². The number of phenols is 1. The van der Waals surface area contributed by atoms with E-state index in [0.29, 0.717) is 17.8 Å². The molecular formula is C12H17NO. The highest BCUT2D eigenvalue weighted by molar-refractivity contribution is 5.43. The molecule has 1 aromatic carbocycles. The lowest BCUT2D eigenvalue weighted by Gasteiger charge is -2.37. The van der Waals surface area contributed by atoms with Gasteiger partial charge in [-0.1, -0.05) is 12.1 Å². The summed E-state index contributed by atoms with van der Waals surface area (Å²) in [6.07, 6.45) is 1.03. The number of nitrogens with zero attached hydrogens (tertiary/aromatic N) is 1. The van der Waals surface area contributed by atoms with E-state index in [-0.39, 0.29) is 0 Å². The highest BCUT2D eigenvalue weighted by Gasteiger charge is 2.27. The quantitative estimate of drug-likeness (QED) is 0.680. The molecule has 1 aliphatic heterocycles. The number of hydrogen-bond donors (Lipinski definition) is 1. The summed E-state index contributed by atoms with van der Waals surface area (Å²) in [5.41, 5.74) is 2.40. The Kier molecular flexibility index (Phi) is 2.23. The van der Waals surface area contributed by atoms with Gasteiger partial charge in [0.2, 0.25) is 0 Å². The smallest absolute Gasteiger partial charge is 0.120 e. The molecule has 0 aromatic heterocycles. The van der Waals surface area contributed by atoms with Crippen LogP contribution in [0.1, 0.15) is 31.0 Å². The van der Waals surface area contributed by atoms with Crippen molar-refractivity contribution in [1.82, 2.24) is 4.90 Å². The molecule has 76 valence electrons. The van der Waals surface area contributed by atoms with E-state index >= 15 is 0 Å². The second kappa shape index (κ2) is 3.28. The molecule has 1 N–H and O–H groups in total. The van der Waals surface area contributed by atoms with E-state index in [1.165, 1.54) is 5.56 Å². The van der Waals surface area contributed by atoms with Crippen molar-refractivity contribution in [1.29, 1.82) is 0 Å². The van der Waals surface area contributed by atoms with Crippen molar-refractivity contribution in [2.75, 3.05) is 7.05 Å². The number of likely N-dealkylation sites (N-methyl/N-ethyl adjacent to an activating group) is 1. The Hall–Kier alpha value is -1.02. The van der Waals surface area contributed by atoms with Crippen molar-refractivity contribution in [3.05, 3.63) is 29.3 Å². The predicted octanol–water partition coefficient (Wildman–Crippen LogP) is 2.33. The van der Waals surface area contributed by atoms with E-state index in [2.05, 4.69) is 31.9 Å². The summed E-state index contributed by atoms with van der Waals surface area (Å²) in [5, 5.41) is 9.80. The molecule has 1 heterocycles. The fourth-order valence-electron chi connectivity index (χ4n) is 2.31. The molecular weight excluding hydrogens is 174 g/mol. The number of fused-ring (bicyclic) bond motifs is 1. The van der Waals surface area contributed by atoms with Gasteiger partial charge in [0.25, 0.3) is 0 Å². The molecule has 0 saturated carbocycles. The van der Waals surface area contributed by atoms with Crippen molar-refractivity contribution in [3.8, 4) is 5.75 Å². The third-order valence-electron chi connectivity index (χ3n) is 3.41. The van der Waals surface area contributed by atoms with Gasteiger partial charge in [-0.15, -0.1) is 0 Å². The first-order chi connectivity index (χ1) is 6.61. The van der Waals surface area contributed by atoms with Crippen molar-refractivity contribution in [2.45, 2.75) is 32.4 Å². The SMILES string of the molecule is C[C@@H]1Cc2cccc(O)c2[C@@H](C)N1C. The van der Waals surface area contributed by atoms with Crippen molar-refractivity contribution >= 4 is 0 Å². The van der Waals surface area contributed by atoms with Crippen LogP contribution < -0.4 is 0 Å². The summed E-state index contributed by atoms with van der Waals surface area (Å²) >= 11 is 0. The Bertz CT molecular complexity index is 348. The van der Waals surface area contributed by atoms with Gasteiger partial charge in [-0.25, -0.2) is 0 Å². The first-order valence-corrected chi connectivity index (χ1v) is 5.14. The molecule has 0 bridgehead atoms. The molecule has 2 heteroatoms. The third kappa shape index (κ3) is 1.30. The van der Waals surface area contributed by atoms with Crippen molar-refractivity contribution in [3.63, 3.8) is 0 Å². The topological polar surface area (TPSA) is 23.5 Å². The maximum absolute atomic E-state index is 9.80. The second-order valence-corrected chi connectivity index (χ2v) is 4.24. The van der Waals surface area contributed by atoms with Crippen LogP contribution >= 0.6 is 0 Å². The molecule has 0 spiro atoms. The monoisotopic (exact) mass is 191 g/mol. The van der Waals surface area contributed by atoms with Gasteiger partial charge in [-0.3, -0.25) is 4.90 Å². The first kappa shape index (κ1) is 9.53. The zero-order valence-electron chi connectivity index (χ0n) is 8.99. The van der Waals surface area contributed by atoms with Crippen molar-refractivity contribution in [2.24, 2.45) is 0 Å². The molecule has 0 aliphatic carbocycles. The van der Waals surface area contributed by atoms with E-state index in [9.17, 15) is 5.11 Å². The van der Waals surface area contributed by atoms with Gasteiger partial charge >= 0.3 is 0 Å². The second-order valence-electron chi connectivity index (χ2n) is 4.24. The highest BCUT2D eigenvalue weighted by atomic mass is 16.3. The van der Waals surface area contributed by atoms with Crippen LogP contribution in [0.2, 0.25) is 0 Å². The van der Waals surface area contributed by atoms with Gasteiger partial charge < -0.3 is 5.11 Å². The number of hydrogen-bond acceptors (Lipinski definition) is 2. The molecule has 2 atom stereocenters. The molecule has 0 unspecified atom stereocenters. The number of rotatable bonds is 0. The van der Waals surface area contributed by atoms with Crippen molar-refractivity contribution < 1.29 is 5.11 Å². The van der Waals surface area contributed by atoms with Gasteiger partial charge in [-0.2, -0.15) is 0 Å². The fourth-order valence-corrected chi connectivity index (χ4v) is 2.31. The standard InChI is InChI=1S/C12H17NO/c1-8-7-10-5-4-6-11(14)12(10)9(2)13(8)3/h4-6,8-9,14H,7H2,1-3H3/t8-,9-/m1/s1. The lowest BCUT2D eigenvalue weighted by Crippen LogP contribution is -2.37. The van der Waals surface area contributed by atoms with Gasteiger partial charge in [0.05, 0.1) is 0 Å². The minimum atomic E-state index is 0.315. The third-order valence-corrected chi connectivity index (χ3v) is 3.41. The molecule has 0 fully saturated rings. The van der Waals surface area contributed by atoms with Crippen LogP contribution in [0.4, 0.5) is 0 Å². The summed E-state index contributed by atoms with van der Waals surface area (Å²) < 4.78 is 0. The lowest BCUT2D eigenvalue weighted by atomic mass is 9.89. The molecule has 2 rings (SSSR count). The Morgan fingerprint density at radius 3 is 2.79 bits per heavy atom. The Morgan fingerprint density at radius 1 is 1.36 bits per heavy atom. The van der Waals surface area contributed by atoms with Crippen LogP contribution in [-0.2, 0) is 6.42 Å². The largest absolute Gasteiger partial charge is 0.508 e. The summed E-state index contributed by atoms with van der Waals surface area (Å²) in [7, 11) is 2.12. The van der Waals surface area contributed by atoms with Gasteiger partial charge in [0, 0.05) is 17.6 Å². The van der Waals surface area contributed by atoms with E-state index in [1.54, 1.807) is 6.07 Å². The van der Waals surface area contributed by atoms with Gasteiger partial charge in [-0.05, 0) is 38.9 Å². The average molecular weight is 191 g/mol. The van der Waals surface area contributed by atoms with Crippen LogP contribution in [0.3, 0.4) is 0 Å². The first-order valence-electron chi connectivity index (χ1n) is 5.14. The van der Waals surface area contributed by atoms with Crippen LogP contribution in [-0.4, -0.2) is 23.1 Å². The Morgan fingerprint density at radius 2 is 2.07 bits per heavy atom. The lowest BCUT2D eigenvalue weighted by molar-refractivity contribution is 0.176. The van der Waals surface area contributed by atoms with Crippen LogP contribution in [0.15, 0.2) is 18.2 Å². The number of aromatic hydroxyl groups is 1. The minimum Gasteiger partial charge on any atom is -0.508 e. The summed E-state index contributed by atoms with van der Waals surface area (Å²) in [6.45, 7) is 4.37. The molecule has 2 nitrogen and oxygen atoms in total. The minimum absolute atomic E-state index is 0.315. The maximum atomic E-state index is 9.80. The van der Waals surface area contributed by atoms with E-state index in [0.717, 1.165) is 12.0 Å². The predicted molar refractivity (Wildman–Crippen MR) is 57.5 cm³/mol. The fraction of sp³-hybridized carbons (Fsp3) is 0.500. The zero-order valence-corrected chi connectivity index (χ0v) is 8.99. The van der Waals surface area contributed by atoms with Crippen LogP contribution in [0, 0.1) is 0 Å².